The smallest absolute Gasteiger partial charge is 0.407 e. The number of fused-ring (bicyclic) bond motifs is 1. The van der Waals surface area contributed by atoms with Crippen molar-refractivity contribution in [3.8, 4) is 0 Å². The summed E-state index contributed by atoms with van der Waals surface area (Å²) >= 11 is 0. The Kier molecular flexibility index (Phi) is 3.69. The molecule has 1 N–H and O–H groups in total. The Morgan fingerprint density at radius 1 is 1.35 bits per heavy atom. The van der Waals surface area contributed by atoms with Gasteiger partial charge in [0.2, 0.25) is 0 Å². The first-order chi connectivity index (χ1) is 8.10. The van der Waals surface area contributed by atoms with E-state index in [-0.39, 0.29) is 0 Å². The lowest BCUT2D eigenvalue weighted by Gasteiger charge is -2.19. The van der Waals surface area contributed by atoms with Gasteiger partial charge in [0.15, 0.2) is 0 Å². The van der Waals surface area contributed by atoms with Crippen molar-refractivity contribution in [3.05, 3.63) is 0 Å². The summed E-state index contributed by atoms with van der Waals surface area (Å²) in [5, 5.41) is 8.92. The minimum Gasteiger partial charge on any atom is -0.465 e. The number of rotatable bonds is 4. The van der Waals surface area contributed by atoms with E-state index in [2.05, 4.69) is 0 Å². The van der Waals surface area contributed by atoms with Gasteiger partial charge in [-0.15, -0.1) is 0 Å². The SMILES string of the molecule is CCN(CCC1CC2CC(=O)CC2C1)C(=O)O. The number of carboxylic acid groups (broad SMARTS) is 1. The highest BCUT2D eigenvalue weighted by Crippen LogP contribution is 2.46. The van der Waals surface area contributed by atoms with E-state index in [1.165, 1.54) is 4.90 Å². The number of nitrogens with zero attached hydrogens (tertiary/aromatic N) is 1. The third-order valence-electron chi connectivity index (χ3n) is 4.38. The van der Waals surface area contributed by atoms with E-state index >= 15 is 0 Å². The van der Waals surface area contributed by atoms with Crippen molar-refractivity contribution in [3.63, 3.8) is 0 Å². The quantitative estimate of drug-likeness (QED) is 0.819. The molecule has 96 valence electrons. The van der Waals surface area contributed by atoms with E-state index in [4.69, 9.17) is 5.11 Å². The zero-order valence-electron chi connectivity index (χ0n) is 10.4. The van der Waals surface area contributed by atoms with Crippen LogP contribution in [-0.2, 0) is 4.79 Å². The zero-order chi connectivity index (χ0) is 12.4. The fourth-order valence-corrected chi connectivity index (χ4v) is 3.47. The summed E-state index contributed by atoms with van der Waals surface area (Å²) in [6.07, 6.45) is 3.96. The number of hydrogen-bond acceptors (Lipinski definition) is 2. The summed E-state index contributed by atoms with van der Waals surface area (Å²) < 4.78 is 0. The average molecular weight is 239 g/mol. The minimum absolute atomic E-state index is 0.430. The second-order valence-corrected chi connectivity index (χ2v) is 5.46. The second-order valence-electron chi connectivity index (χ2n) is 5.46. The summed E-state index contributed by atoms with van der Waals surface area (Å²) in [5.41, 5.74) is 0. The van der Waals surface area contributed by atoms with Gasteiger partial charge in [0.1, 0.15) is 5.78 Å². The molecule has 0 aromatic carbocycles. The van der Waals surface area contributed by atoms with Crippen LogP contribution in [0.15, 0.2) is 0 Å². The molecule has 0 spiro atoms. The Morgan fingerprint density at radius 2 is 1.94 bits per heavy atom. The molecule has 1 amide bonds. The molecular formula is C13H21NO3. The zero-order valence-corrected chi connectivity index (χ0v) is 10.4. The third-order valence-corrected chi connectivity index (χ3v) is 4.38. The molecule has 2 fully saturated rings. The Labute approximate surface area is 102 Å². The van der Waals surface area contributed by atoms with Crippen molar-refractivity contribution in [1.82, 2.24) is 4.90 Å². The van der Waals surface area contributed by atoms with Gasteiger partial charge in [0.05, 0.1) is 0 Å². The maximum Gasteiger partial charge on any atom is 0.407 e. The van der Waals surface area contributed by atoms with Crippen LogP contribution in [0.1, 0.15) is 39.0 Å². The van der Waals surface area contributed by atoms with E-state index < -0.39 is 6.09 Å². The van der Waals surface area contributed by atoms with Crippen LogP contribution >= 0.6 is 0 Å². The summed E-state index contributed by atoms with van der Waals surface area (Å²) in [6, 6.07) is 0. The fourth-order valence-electron chi connectivity index (χ4n) is 3.47. The van der Waals surface area contributed by atoms with Crippen LogP contribution in [0.5, 0.6) is 0 Å². The molecule has 0 saturated heterocycles. The Balaban J connectivity index is 1.75. The van der Waals surface area contributed by atoms with E-state index in [1.807, 2.05) is 6.92 Å². The predicted molar refractivity (Wildman–Crippen MR) is 63.8 cm³/mol. The van der Waals surface area contributed by atoms with E-state index in [9.17, 15) is 9.59 Å². The molecular weight excluding hydrogens is 218 g/mol. The molecule has 2 atom stereocenters. The van der Waals surface area contributed by atoms with Crippen LogP contribution in [0.4, 0.5) is 4.79 Å². The normalized spacial score (nSPS) is 31.6. The van der Waals surface area contributed by atoms with Gasteiger partial charge in [-0.1, -0.05) is 0 Å². The van der Waals surface area contributed by atoms with Crippen LogP contribution in [-0.4, -0.2) is 35.0 Å². The van der Waals surface area contributed by atoms with Gasteiger partial charge < -0.3 is 10.0 Å². The Morgan fingerprint density at radius 3 is 2.41 bits per heavy atom. The predicted octanol–water partition coefficient (Wildman–Crippen LogP) is 2.38. The molecule has 0 aromatic heterocycles. The van der Waals surface area contributed by atoms with Gasteiger partial charge in [-0.3, -0.25) is 4.79 Å². The molecule has 2 aliphatic rings. The number of Topliss-reactive ketones (excluding diaryl/α,β-unsaturated/α-hetero) is 1. The fraction of sp³-hybridized carbons (Fsp3) is 0.846. The van der Waals surface area contributed by atoms with Crippen LogP contribution in [0.25, 0.3) is 0 Å². The van der Waals surface area contributed by atoms with Crippen LogP contribution < -0.4 is 0 Å². The molecule has 17 heavy (non-hydrogen) atoms. The van der Waals surface area contributed by atoms with Crippen LogP contribution in [0.3, 0.4) is 0 Å². The number of carbonyl (C=O) groups is 2. The van der Waals surface area contributed by atoms with Crippen molar-refractivity contribution >= 4 is 11.9 Å². The van der Waals surface area contributed by atoms with Crippen molar-refractivity contribution in [2.45, 2.75) is 39.0 Å². The number of carbonyl (C=O) groups excluding carboxylic acids is 1. The largest absolute Gasteiger partial charge is 0.465 e. The molecule has 2 aliphatic carbocycles. The first-order valence-electron chi connectivity index (χ1n) is 6.59. The number of amides is 1. The summed E-state index contributed by atoms with van der Waals surface area (Å²) in [6.45, 7) is 3.08. The lowest BCUT2D eigenvalue weighted by atomic mass is 9.99. The van der Waals surface area contributed by atoms with Gasteiger partial charge in [-0.05, 0) is 43.9 Å². The van der Waals surface area contributed by atoms with Crippen molar-refractivity contribution in [1.29, 1.82) is 0 Å². The molecule has 0 aromatic rings. The van der Waals surface area contributed by atoms with Gasteiger partial charge in [0, 0.05) is 25.9 Å². The molecule has 4 heteroatoms. The second kappa shape index (κ2) is 5.07. The highest BCUT2D eigenvalue weighted by Gasteiger charge is 2.40. The molecule has 2 unspecified atom stereocenters. The topological polar surface area (TPSA) is 57.6 Å². The molecule has 0 aliphatic heterocycles. The van der Waals surface area contributed by atoms with E-state index in [0.717, 1.165) is 32.1 Å². The molecule has 2 rings (SSSR count). The van der Waals surface area contributed by atoms with E-state index in [0.29, 0.717) is 36.6 Å². The monoisotopic (exact) mass is 239 g/mol. The first kappa shape index (κ1) is 12.4. The van der Waals surface area contributed by atoms with Crippen molar-refractivity contribution < 1.29 is 14.7 Å². The van der Waals surface area contributed by atoms with Crippen LogP contribution in [0.2, 0.25) is 0 Å². The third kappa shape index (κ3) is 2.79. The van der Waals surface area contributed by atoms with Gasteiger partial charge in [0.25, 0.3) is 0 Å². The summed E-state index contributed by atoms with van der Waals surface area (Å²) in [4.78, 5) is 23.6. The first-order valence-corrected chi connectivity index (χ1v) is 6.59. The maximum atomic E-state index is 11.3. The van der Waals surface area contributed by atoms with Gasteiger partial charge in [-0.2, -0.15) is 0 Å². The molecule has 0 radical (unpaired) electrons. The number of hydrogen-bond donors (Lipinski definition) is 1. The number of ketones is 1. The van der Waals surface area contributed by atoms with Crippen molar-refractivity contribution in [2.75, 3.05) is 13.1 Å². The average Bonchev–Trinajstić information content (AvgIpc) is 2.74. The highest BCUT2D eigenvalue weighted by molar-refractivity contribution is 5.81. The van der Waals surface area contributed by atoms with Gasteiger partial charge >= 0.3 is 6.09 Å². The lowest BCUT2D eigenvalue weighted by molar-refractivity contribution is -0.117. The maximum absolute atomic E-state index is 11.3. The molecule has 0 bridgehead atoms. The Hall–Kier alpha value is -1.06. The molecule has 4 nitrogen and oxygen atoms in total. The molecule has 0 heterocycles. The highest BCUT2D eigenvalue weighted by atomic mass is 16.4. The van der Waals surface area contributed by atoms with Crippen LogP contribution in [0, 0.1) is 17.8 Å². The van der Waals surface area contributed by atoms with Gasteiger partial charge in [-0.25, -0.2) is 4.79 Å². The molecule has 2 saturated carbocycles. The summed E-state index contributed by atoms with van der Waals surface area (Å²) in [7, 11) is 0. The van der Waals surface area contributed by atoms with E-state index in [1.54, 1.807) is 0 Å². The Bertz CT molecular complexity index is 300. The summed E-state index contributed by atoms with van der Waals surface area (Å²) in [5.74, 6) is 2.27. The standard InChI is InChI=1S/C13H21NO3/c1-2-14(13(16)17)4-3-9-5-10-7-12(15)8-11(10)6-9/h9-11H,2-8H2,1H3,(H,16,17). The van der Waals surface area contributed by atoms with Crippen molar-refractivity contribution in [2.24, 2.45) is 17.8 Å². The minimum atomic E-state index is -0.819. The lowest BCUT2D eigenvalue weighted by Crippen LogP contribution is -2.31.